The monoisotopic (exact) mass is 377 g/mol. The maximum atomic E-state index is 13.0. The van der Waals surface area contributed by atoms with Gasteiger partial charge in [0, 0.05) is 31.3 Å². The lowest BCUT2D eigenvalue weighted by atomic mass is 9.80. The lowest BCUT2D eigenvalue weighted by molar-refractivity contribution is -0.127. The highest BCUT2D eigenvalue weighted by atomic mass is 16.3. The smallest absolute Gasteiger partial charge is 0.253 e. The van der Waals surface area contributed by atoms with E-state index < -0.39 is 5.41 Å². The normalized spacial score (nSPS) is 19.6. The lowest BCUT2D eigenvalue weighted by Gasteiger charge is -2.39. The van der Waals surface area contributed by atoms with E-state index >= 15 is 0 Å². The van der Waals surface area contributed by atoms with E-state index in [-0.39, 0.29) is 11.8 Å². The maximum Gasteiger partial charge on any atom is 0.253 e. The molecule has 0 bridgehead atoms. The Bertz CT molecular complexity index is 1030. The molecule has 0 saturated carbocycles. The van der Waals surface area contributed by atoms with E-state index in [0.717, 1.165) is 12.8 Å². The summed E-state index contributed by atoms with van der Waals surface area (Å²) in [6, 6.07) is 14.6. The second-order valence-corrected chi connectivity index (χ2v) is 7.63. The number of aryl methyl sites for hydroxylation is 1. The minimum Gasteiger partial charge on any atom is -0.441 e. The average molecular weight is 377 g/mol. The number of nitrogens with zero attached hydrogens (tertiary/aromatic N) is 2. The summed E-state index contributed by atoms with van der Waals surface area (Å²) in [7, 11) is 0. The van der Waals surface area contributed by atoms with Gasteiger partial charge in [-0.3, -0.25) is 9.59 Å². The fourth-order valence-electron chi connectivity index (χ4n) is 3.76. The highest BCUT2D eigenvalue weighted by Gasteiger charge is 2.39. The first-order valence-corrected chi connectivity index (χ1v) is 9.48. The van der Waals surface area contributed by atoms with Crippen molar-refractivity contribution in [1.29, 1.82) is 0 Å². The minimum absolute atomic E-state index is 0.0289. The van der Waals surface area contributed by atoms with Crippen molar-refractivity contribution in [2.75, 3.05) is 18.4 Å². The van der Waals surface area contributed by atoms with Crippen LogP contribution in [0.1, 0.15) is 36.0 Å². The van der Waals surface area contributed by atoms with Gasteiger partial charge in [-0.05, 0) is 50.1 Å². The zero-order valence-corrected chi connectivity index (χ0v) is 16.1. The zero-order valence-electron chi connectivity index (χ0n) is 16.1. The highest BCUT2D eigenvalue weighted by molar-refractivity contribution is 5.98. The highest BCUT2D eigenvalue weighted by Crippen LogP contribution is 2.32. The molecule has 1 fully saturated rings. The number of likely N-dealkylation sites (tertiary alicyclic amines) is 1. The van der Waals surface area contributed by atoms with Gasteiger partial charge in [-0.1, -0.05) is 18.2 Å². The number of hydrogen-bond donors (Lipinski definition) is 1. The first-order valence-electron chi connectivity index (χ1n) is 9.48. The van der Waals surface area contributed by atoms with E-state index in [1.807, 2.05) is 49.4 Å². The van der Waals surface area contributed by atoms with E-state index in [0.29, 0.717) is 41.3 Å². The fraction of sp³-hybridized carbons (Fsp3) is 0.318. The number of fused-ring (bicyclic) bond motifs is 1. The van der Waals surface area contributed by atoms with Crippen LogP contribution in [0.2, 0.25) is 0 Å². The summed E-state index contributed by atoms with van der Waals surface area (Å²) in [5, 5.41) is 2.99. The van der Waals surface area contributed by atoms with Crippen LogP contribution < -0.4 is 5.32 Å². The Labute approximate surface area is 163 Å². The number of hydrogen-bond acceptors (Lipinski definition) is 4. The first-order chi connectivity index (χ1) is 13.4. The van der Waals surface area contributed by atoms with Crippen LogP contribution >= 0.6 is 0 Å². The van der Waals surface area contributed by atoms with Crippen LogP contribution in [0.15, 0.2) is 52.9 Å². The van der Waals surface area contributed by atoms with Gasteiger partial charge < -0.3 is 14.6 Å². The quantitative estimate of drug-likeness (QED) is 0.748. The Morgan fingerprint density at radius 3 is 2.75 bits per heavy atom. The summed E-state index contributed by atoms with van der Waals surface area (Å²) in [6.07, 6.45) is 1.53. The van der Waals surface area contributed by atoms with Crippen LogP contribution in [0.3, 0.4) is 0 Å². The van der Waals surface area contributed by atoms with Crippen molar-refractivity contribution < 1.29 is 14.0 Å². The Morgan fingerprint density at radius 1 is 1.18 bits per heavy atom. The molecule has 1 atom stereocenters. The summed E-state index contributed by atoms with van der Waals surface area (Å²) in [4.78, 5) is 31.9. The van der Waals surface area contributed by atoms with E-state index in [9.17, 15) is 9.59 Å². The topological polar surface area (TPSA) is 75.4 Å². The van der Waals surface area contributed by atoms with Gasteiger partial charge in [-0.2, -0.15) is 0 Å². The van der Waals surface area contributed by atoms with Crippen molar-refractivity contribution in [2.45, 2.75) is 26.7 Å². The average Bonchev–Trinajstić information content (AvgIpc) is 3.07. The number of nitrogens with one attached hydrogen (secondary N) is 1. The Hall–Kier alpha value is -3.15. The van der Waals surface area contributed by atoms with Gasteiger partial charge in [-0.25, -0.2) is 4.98 Å². The van der Waals surface area contributed by atoms with Gasteiger partial charge in [-0.15, -0.1) is 0 Å². The largest absolute Gasteiger partial charge is 0.441 e. The van der Waals surface area contributed by atoms with Crippen LogP contribution in [-0.4, -0.2) is 34.8 Å². The number of benzene rings is 2. The van der Waals surface area contributed by atoms with Gasteiger partial charge in [0.15, 0.2) is 11.5 Å². The third kappa shape index (κ3) is 3.50. The number of aromatic nitrogens is 1. The fourth-order valence-corrected chi connectivity index (χ4v) is 3.76. The van der Waals surface area contributed by atoms with E-state index in [4.69, 9.17) is 4.42 Å². The molecule has 0 radical (unpaired) electrons. The lowest BCUT2D eigenvalue weighted by Crippen LogP contribution is -2.50. The second kappa shape index (κ2) is 7.11. The second-order valence-electron chi connectivity index (χ2n) is 7.63. The minimum atomic E-state index is -0.641. The van der Waals surface area contributed by atoms with Crippen LogP contribution in [-0.2, 0) is 4.79 Å². The van der Waals surface area contributed by atoms with Crippen molar-refractivity contribution in [3.8, 4) is 0 Å². The molecular weight excluding hydrogens is 354 g/mol. The van der Waals surface area contributed by atoms with Crippen molar-refractivity contribution in [1.82, 2.24) is 9.88 Å². The molecule has 1 N–H and O–H groups in total. The first kappa shape index (κ1) is 18.2. The van der Waals surface area contributed by atoms with E-state index in [2.05, 4.69) is 10.3 Å². The molecule has 1 unspecified atom stereocenters. The summed E-state index contributed by atoms with van der Waals surface area (Å²) in [6.45, 7) is 4.78. The van der Waals surface area contributed by atoms with Crippen molar-refractivity contribution in [3.05, 3.63) is 60.0 Å². The molecule has 2 heterocycles. The van der Waals surface area contributed by atoms with Gasteiger partial charge in [0.25, 0.3) is 5.91 Å². The molecule has 28 heavy (non-hydrogen) atoms. The molecule has 6 heteroatoms. The Balaban J connectivity index is 1.49. The summed E-state index contributed by atoms with van der Waals surface area (Å²) < 4.78 is 5.48. The summed E-state index contributed by atoms with van der Waals surface area (Å²) in [5.41, 5.74) is 2.10. The third-order valence-corrected chi connectivity index (χ3v) is 5.30. The van der Waals surface area contributed by atoms with Gasteiger partial charge in [0.1, 0.15) is 5.52 Å². The number of carbonyl (C=O) groups excluding carboxylic acids is 2. The molecule has 2 amide bonds. The van der Waals surface area contributed by atoms with Crippen LogP contribution in [0.25, 0.3) is 11.1 Å². The molecular formula is C22H23N3O3. The van der Waals surface area contributed by atoms with Gasteiger partial charge in [0.05, 0.1) is 5.41 Å². The maximum absolute atomic E-state index is 13.0. The van der Waals surface area contributed by atoms with Crippen LogP contribution in [0, 0.1) is 12.3 Å². The molecule has 0 aliphatic carbocycles. The molecule has 144 valence electrons. The number of anilines is 1. The van der Waals surface area contributed by atoms with Gasteiger partial charge in [0.2, 0.25) is 5.91 Å². The number of carbonyl (C=O) groups is 2. The predicted octanol–water partition coefficient (Wildman–Crippen LogP) is 4.02. The van der Waals surface area contributed by atoms with E-state index in [1.54, 1.807) is 17.9 Å². The zero-order chi connectivity index (χ0) is 19.7. The molecule has 2 aromatic carbocycles. The van der Waals surface area contributed by atoms with Gasteiger partial charge >= 0.3 is 0 Å². The number of amides is 2. The molecule has 3 aromatic rings. The van der Waals surface area contributed by atoms with Crippen molar-refractivity contribution in [3.63, 3.8) is 0 Å². The third-order valence-electron chi connectivity index (χ3n) is 5.30. The molecule has 1 aliphatic rings. The molecule has 1 aliphatic heterocycles. The number of oxazole rings is 1. The molecule has 4 rings (SSSR count). The number of piperidine rings is 1. The molecule has 1 saturated heterocycles. The SMILES string of the molecule is Cc1nc2cc(NC(=O)C3(C)CCCN(C(=O)c4ccccc4)C3)ccc2o1. The predicted molar refractivity (Wildman–Crippen MR) is 107 cm³/mol. The van der Waals surface area contributed by atoms with E-state index in [1.165, 1.54) is 0 Å². The molecule has 1 aromatic heterocycles. The van der Waals surface area contributed by atoms with Crippen molar-refractivity contribution >= 4 is 28.6 Å². The molecule has 6 nitrogen and oxygen atoms in total. The van der Waals surface area contributed by atoms with Crippen LogP contribution in [0.5, 0.6) is 0 Å². The van der Waals surface area contributed by atoms with Crippen LogP contribution in [0.4, 0.5) is 5.69 Å². The number of rotatable bonds is 3. The Kier molecular flexibility index (Phi) is 4.63. The molecule has 0 spiro atoms. The summed E-state index contributed by atoms with van der Waals surface area (Å²) >= 11 is 0. The standard InChI is InChI=1S/C22H23N3O3/c1-15-23-18-13-17(9-10-19(18)28-15)24-21(27)22(2)11-6-12-25(14-22)20(26)16-7-4-3-5-8-16/h3-5,7-10,13H,6,11-12,14H2,1-2H3,(H,24,27). The summed E-state index contributed by atoms with van der Waals surface area (Å²) in [5.74, 6) is 0.476. The van der Waals surface area contributed by atoms with Crippen molar-refractivity contribution in [2.24, 2.45) is 5.41 Å². The Morgan fingerprint density at radius 2 is 1.96 bits per heavy atom.